The van der Waals surface area contributed by atoms with Crippen molar-refractivity contribution in [2.45, 2.75) is 6.61 Å². The third-order valence-electron chi connectivity index (χ3n) is 2.85. The number of nitrogens with zero attached hydrogens (tertiary/aromatic N) is 2. The molecule has 0 saturated heterocycles. The van der Waals surface area contributed by atoms with Crippen molar-refractivity contribution in [3.05, 3.63) is 42.0 Å². The van der Waals surface area contributed by atoms with E-state index in [1.807, 2.05) is 30.3 Å². The average Bonchev–Trinajstić information content (AvgIpc) is 2.57. The highest BCUT2D eigenvalue weighted by Crippen LogP contribution is 2.14. The average molecular weight is 319 g/mol. The minimum Gasteiger partial charge on any atom is -0.475 e. The molecule has 0 atom stereocenters. The Bertz CT molecular complexity index is 581. The number of ether oxygens (including phenoxy) is 4. The van der Waals surface area contributed by atoms with Crippen LogP contribution >= 0.6 is 0 Å². The van der Waals surface area contributed by atoms with Gasteiger partial charge in [-0.2, -0.15) is 9.97 Å². The molecule has 1 aromatic heterocycles. The van der Waals surface area contributed by atoms with Crippen LogP contribution in [0.3, 0.4) is 0 Å². The van der Waals surface area contributed by atoms with Crippen molar-refractivity contribution < 1.29 is 18.9 Å². The van der Waals surface area contributed by atoms with E-state index in [9.17, 15) is 0 Å². The van der Waals surface area contributed by atoms with Crippen molar-refractivity contribution in [2.24, 2.45) is 0 Å². The lowest BCUT2D eigenvalue weighted by Gasteiger charge is -2.08. The van der Waals surface area contributed by atoms with E-state index in [1.165, 1.54) is 13.2 Å². The van der Waals surface area contributed by atoms with E-state index in [4.69, 9.17) is 24.7 Å². The predicted molar refractivity (Wildman–Crippen MR) is 85.4 cm³/mol. The highest BCUT2D eigenvalue weighted by molar-refractivity contribution is 5.34. The first-order chi connectivity index (χ1) is 11.3. The van der Waals surface area contributed by atoms with Gasteiger partial charge >= 0.3 is 6.01 Å². The van der Waals surface area contributed by atoms with Crippen LogP contribution in [0.2, 0.25) is 0 Å². The number of hydrogen-bond acceptors (Lipinski definition) is 7. The Morgan fingerprint density at radius 2 is 1.70 bits per heavy atom. The van der Waals surface area contributed by atoms with Crippen LogP contribution in [-0.2, 0) is 16.1 Å². The van der Waals surface area contributed by atoms with Crippen LogP contribution in [0.25, 0.3) is 0 Å². The van der Waals surface area contributed by atoms with Crippen LogP contribution in [0.15, 0.2) is 36.4 Å². The third-order valence-corrected chi connectivity index (χ3v) is 2.85. The largest absolute Gasteiger partial charge is 0.475 e. The van der Waals surface area contributed by atoms with Gasteiger partial charge in [-0.1, -0.05) is 30.3 Å². The van der Waals surface area contributed by atoms with Gasteiger partial charge in [-0.15, -0.1) is 0 Å². The Labute approximate surface area is 135 Å². The molecule has 0 aliphatic heterocycles. The van der Waals surface area contributed by atoms with Crippen molar-refractivity contribution in [2.75, 3.05) is 39.3 Å². The summed E-state index contributed by atoms with van der Waals surface area (Å²) in [5.41, 5.74) is 6.75. The molecule has 7 nitrogen and oxygen atoms in total. The molecule has 0 fully saturated rings. The van der Waals surface area contributed by atoms with E-state index in [-0.39, 0.29) is 6.01 Å². The fourth-order valence-corrected chi connectivity index (χ4v) is 1.78. The Hall–Kier alpha value is -2.38. The monoisotopic (exact) mass is 319 g/mol. The van der Waals surface area contributed by atoms with E-state index in [0.29, 0.717) is 44.7 Å². The van der Waals surface area contributed by atoms with Crippen molar-refractivity contribution in [1.82, 2.24) is 9.97 Å². The molecule has 0 aliphatic carbocycles. The SMILES string of the molecule is COc1nc(N)cc(OCCOCCOCc2ccccc2)n1. The Balaban J connectivity index is 1.53. The zero-order valence-corrected chi connectivity index (χ0v) is 13.1. The number of anilines is 1. The van der Waals surface area contributed by atoms with E-state index in [2.05, 4.69) is 9.97 Å². The summed E-state index contributed by atoms with van der Waals surface area (Å²) in [7, 11) is 1.47. The second kappa shape index (κ2) is 9.60. The van der Waals surface area contributed by atoms with Crippen LogP contribution < -0.4 is 15.2 Å². The van der Waals surface area contributed by atoms with Crippen LogP contribution in [0.4, 0.5) is 5.82 Å². The molecule has 2 N–H and O–H groups in total. The number of nitrogens with two attached hydrogens (primary N) is 1. The standard InChI is InChI=1S/C16H21N3O4/c1-20-16-18-14(17)11-15(19-16)23-10-9-21-7-8-22-12-13-5-3-2-4-6-13/h2-6,11H,7-10,12H2,1H3,(H2,17,18,19). The quantitative estimate of drug-likeness (QED) is 0.666. The summed E-state index contributed by atoms with van der Waals surface area (Å²) in [6, 6.07) is 11.7. The number of hydrogen-bond donors (Lipinski definition) is 1. The van der Waals surface area contributed by atoms with E-state index in [1.54, 1.807) is 0 Å². The van der Waals surface area contributed by atoms with Crippen molar-refractivity contribution in [1.29, 1.82) is 0 Å². The van der Waals surface area contributed by atoms with Gasteiger partial charge in [-0.3, -0.25) is 0 Å². The highest BCUT2D eigenvalue weighted by Gasteiger charge is 2.03. The summed E-state index contributed by atoms with van der Waals surface area (Å²) >= 11 is 0. The minimum absolute atomic E-state index is 0.176. The molecule has 0 unspecified atom stereocenters. The Morgan fingerprint density at radius 1 is 0.957 bits per heavy atom. The summed E-state index contributed by atoms with van der Waals surface area (Å²) in [4.78, 5) is 7.89. The normalized spacial score (nSPS) is 10.5. The summed E-state index contributed by atoms with van der Waals surface area (Å²) in [6.45, 7) is 2.41. The van der Waals surface area contributed by atoms with E-state index < -0.39 is 0 Å². The molecule has 0 bridgehead atoms. The smallest absolute Gasteiger partial charge is 0.321 e. The molecule has 0 amide bonds. The van der Waals surface area contributed by atoms with Gasteiger partial charge in [0.1, 0.15) is 12.4 Å². The van der Waals surface area contributed by atoms with Gasteiger partial charge in [0.25, 0.3) is 0 Å². The van der Waals surface area contributed by atoms with Gasteiger partial charge < -0.3 is 24.7 Å². The summed E-state index contributed by atoms with van der Waals surface area (Å²) in [6.07, 6.45) is 0. The Kier molecular flexibility index (Phi) is 7.09. The number of aromatic nitrogens is 2. The van der Waals surface area contributed by atoms with Crippen LogP contribution in [-0.4, -0.2) is 43.5 Å². The van der Waals surface area contributed by atoms with Gasteiger partial charge in [-0.05, 0) is 5.56 Å². The molecule has 0 spiro atoms. The number of benzene rings is 1. The topological polar surface area (TPSA) is 88.7 Å². The lowest BCUT2D eigenvalue weighted by molar-refractivity contribution is 0.0298. The molecule has 124 valence electrons. The second-order valence-corrected chi connectivity index (χ2v) is 4.62. The van der Waals surface area contributed by atoms with Crippen molar-refractivity contribution >= 4 is 5.82 Å². The van der Waals surface area contributed by atoms with Crippen LogP contribution in [0.5, 0.6) is 11.9 Å². The van der Waals surface area contributed by atoms with Crippen molar-refractivity contribution in [3.8, 4) is 11.9 Å². The molecule has 1 heterocycles. The fraction of sp³-hybridized carbons (Fsp3) is 0.375. The lowest BCUT2D eigenvalue weighted by atomic mass is 10.2. The second-order valence-electron chi connectivity index (χ2n) is 4.62. The number of methoxy groups -OCH3 is 1. The zero-order valence-electron chi connectivity index (χ0n) is 13.1. The van der Waals surface area contributed by atoms with Gasteiger partial charge in [0.2, 0.25) is 5.88 Å². The lowest BCUT2D eigenvalue weighted by Crippen LogP contribution is -2.11. The van der Waals surface area contributed by atoms with Gasteiger partial charge in [0.05, 0.1) is 33.5 Å². The summed E-state index contributed by atoms with van der Waals surface area (Å²) < 4.78 is 21.3. The Morgan fingerprint density at radius 3 is 2.48 bits per heavy atom. The molecular weight excluding hydrogens is 298 g/mol. The molecule has 0 saturated carbocycles. The fourth-order valence-electron chi connectivity index (χ4n) is 1.78. The maximum Gasteiger partial charge on any atom is 0.321 e. The molecule has 0 aliphatic rings. The first-order valence-corrected chi connectivity index (χ1v) is 7.28. The van der Waals surface area contributed by atoms with E-state index in [0.717, 1.165) is 5.56 Å². The first-order valence-electron chi connectivity index (χ1n) is 7.28. The predicted octanol–water partition coefficient (Wildman–Crippen LogP) is 1.68. The van der Waals surface area contributed by atoms with Crippen molar-refractivity contribution in [3.63, 3.8) is 0 Å². The molecule has 23 heavy (non-hydrogen) atoms. The number of nitrogen functional groups attached to an aromatic ring is 1. The third kappa shape index (κ3) is 6.50. The molecule has 7 heteroatoms. The van der Waals surface area contributed by atoms with Gasteiger partial charge in [-0.25, -0.2) is 0 Å². The number of rotatable bonds is 10. The molecular formula is C16H21N3O4. The molecule has 2 aromatic rings. The van der Waals surface area contributed by atoms with E-state index >= 15 is 0 Å². The molecule has 0 radical (unpaired) electrons. The molecule has 1 aromatic carbocycles. The summed E-state index contributed by atoms with van der Waals surface area (Å²) in [5.74, 6) is 0.653. The zero-order chi connectivity index (χ0) is 16.3. The maximum atomic E-state index is 5.61. The summed E-state index contributed by atoms with van der Waals surface area (Å²) in [5, 5.41) is 0. The van der Waals surface area contributed by atoms with Crippen LogP contribution in [0.1, 0.15) is 5.56 Å². The molecule has 2 rings (SSSR count). The first kappa shape index (κ1) is 17.0. The minimum atomic E-state index is 0.176. The highest BCUT2D eigenvalue weighted by atomic mass is 16.5. The van der Waals surface area contributed by atoms with Gasteiger partial charge in [0, 0.05) is 6.07 Å². The van der Waals surface area contributed by atoms with Gasteiger partial charge in [0.15, 0.2) is 0 Å². The maximum absolute atomic E-state index is 5.61. The van der Waals surface area contributed by atoms with Crippen LogP contribution in [0, 0.1) is 0 Å².